The molecule has 0 amide bonds. The summed E-state index contributed by atoms with van der Waals surface area (Å²) in [5.41, 5.74) is 0. The third-order valence-electron chi connectivity index (χ3n) is 0.998. The van der Waals surface area contributed by atoms with Crippen LogP contribution in [0.1, 0.15) is 0 Å². The second kappa shape index (κ2) is 5.78. The SMILES string of the molecule is NN.O=S(=O)(O)Oc1cccc(Cl)c1. The molecule has 0 saturated carbocycles. The molecule has 0 fully saturated rings. The van der Waals surface area contributed by atoms with E-state index in [1.165, 1.54) is 18.2 Å². The maximum atomic E-state index is 10.2. The Morgan fingerprint density at radius 1 is 1.36 bits per heavy atom. The summed E-state index contributed by atoms with van der Waals surface area (Å²) in [5, 5.41) is 0.330. The van der Waals surface area contributed by atoms with E-state index in [9.17, 15) is 8.42 Å². The van der Waals surface area contributed by atoms with Gasteiger partial charge < -0.3 is 4.18 Å². The van der Waals surface area contributed by atoms with Gasteiger partial charge in [0.1, 0.15) is 5.75 Å². The van der Waals surface area contributed by atoms with Crippen molar-refractivity contribution in [3.63, 3.8) is 0 Å². The fraction of sp³-hybridized carbons (Fsp3) is 0. The van der Waals surface area contributed by atoms with Gasteiger partial charge in [0.25, 0.3) is 0 Å². The van der Waals surface area contributed by atoms with E-state index < -0.39 is 10.4 Å². The van der Waals surface area contributed by atoms with Crippen LogP contribution in [0, 0.1) is 0 Å². The van der Waals surface area contributed by atoms with Crippen molar-refractivity contribution in [3.8, 4) is 5.75 Å². The van der Waals surface area contributed by atoms with Crippen molar-refractivity contribution in [3.05, 3.63) is 29.3 Å². The molecule has 0 unspecified atom stereocenters. The van der Waals surface area contributed by atoms with E-state index >= 15 is 0 Å². The molecular formula is C6H9ClN2O4S. The van der Waals surface area contributed by atoms with Gasteiger partial charge >= 0.3 is 10.4 Å². The molecule has 1 aromatic rings. The first-order valence-corrected chi connectivity index (χ1v) is 4.97. The lowest BCUT2D eigenvalue weighted by Gasteiger charge is -1.99. The molecule has 0 spiro atoms. The van der Waals surface area contributed by atoms with Crippen LogP contribution < -0.4 is 15.9 Å². The number of hydrogen-bond acceptors (Lipinski definition) is 5. The molecule has 80 valence electrons. The third-order valence-corrected chi connectivity index (χ3v) is 1.64. The average molecular weight is 241 g/mol. The molecular weight excluding hydrogens is 232 g/mol. The van der Waals surface area contributed by atoms with Crippen LogP contribution in [-0.2, 0) is 10.4 Å². The first-order chi connectivity index (χ1) is 6.47. The van der Waals surface area contributed by atoms with Gasteiger partial charge in [0.05, 0.1) is 0 Å². The Morgan fingerprint density at radius 3 is 2.36 bits per heavy atom. The van der Waals surface area contributed by atoms with E-state index in [-0.39, 0.29) is 5.75 Å². The number of hydrazine groups is 1. The maximum Gasteiger partial charge on any atom is 0.446 e. The maximum absolute atomic E-state index is 10.2. The molecule has 0 aromatic heterocycles. The van der Waals surface area contributed by atoms with E-state index in [4.69, 9.17) is 16.2 Å². The normalized spacial score (nSPS) is 10.0. The third kappa shape index (κ3) is 5.73. The van der Waals surface area contributed by atoms with Gasteiger partial charge in [-0.15, -0.1) is 0 Å². The molecule has 6 nitrogen and oxygen atoms in total. The average Bonchev–Trinajstić information content (AvgIpc) is 2.04. The van der Waals surface area contributed by atoms with Crippen molar-refractivity contribution in [1.29, 1.82) is 0 Å². The molecule has 1 aromatic carbocycles. The molecule has 0 heterocycles. The Bertz CT molecular complexity index is 381. The Labute approximate surface area is 86.3 Å². The van der Waals surface area contributed by atoms with E-state index in [2.05, 4.69) is 15.9 Å². The lowest BCUT2D eigenvalue weighted by atomic mass is 10.3. The van der Waals surface area contributed by atoms with Crippen molar-refractivity contribution in [2.75, 3.05) is 0 Å². The van der Waals surface area contributed by atoms with Gasteiger partial charge in [-0.05, 0) is 12.1 Å². The molecule has 14 heavy (non-hydrogen) atoms. The summed E-state index contributed by atoms with van der Waals surface area (Å²) in [6.07, 6.45) is 0. The van der Waals surface area contributed by atoms with Gasteiger partial charge in [0.2, 0.25) is 0 Å². The highest BCUT2D eigenvalue weighted by Gasteiger charge is 2.05. The van der Waals surface area contributed by atoms with Crippen LogP contribution in [0.15, 0.2) is 24.3 Å². The van der Waals surface area contributed by atoms with Gasteiger partial charge in [-0.3, -0.25) is 16.2 Å². The summed E-state index contributed by atoms with van der Waals surface area (Å²) in [4.78, 5) is 0. The van der Waals surface area contributed by atoms with Gasteiger partial charge in [-0.2, -0.15) is 8.42 Å². The summed E-state index contributed by atoms with van der Waals surface area (Å²) in [6.45, 7) is 0. The van der Waals surface area contributed by atoms with E-state index in [0.29, 0.717) is 5.02 Å². The molecule has 0 aliphatic heterocycles. The second-order valence-electron chi connectivity index (χ2n) is 1.97. The van der Waals surface area contributed by atoms with Crippen molar-refractivity contribution >= 4 is 22.0 Å². The first kappa shape index (κ1) is 13.1. The summed E-state index contributed by atoms with van der Waals surface area (Å²) < 4.78 is 32.8. The molecule has 8 heteroatoms. The van der Waals surface area contributed by atoms with Crippen molar-refractivity contribution in [1.82, 2.24) is 0 Å². The predicted molar refractivity (Wildman–Crippen MR) is 52.0 cm³/mol. The van der Waals surface area contributed by atoms with Gasteiger partial charge in [0, 0.05) is 11.1 Å². The van der Waals surface area contributed by atoms with Crippen LogP contribution in [0.2, 0.25) is 5.02 Å². The molecule has 1 rings (SSSR count). The monoisotopic (exact) mass is 240 g/mol. The van der Waals surface area contributed by atoms with Gasteiger partial charge in [-0.1, -0.05) is 17.7 Å². The zero-order valence-corrected chi connectivity index (χ0v) is 8.49. The second-order valence-corrected chi connectivity index (χ2v) is 3.43. The van der Waals surface area contributed by atoms with Crippen LogP contribution in [-0.4, -0.2) is 13.0 Å². The topological polar surface area (TPSA) is 116 Å². The summed E-state index contributed by atoms with van der Waals surface area (Å²) in [6, 6.07) is 5.69. The lowest BCUT2D eigenvalue weighted by Crippen LogP contribution is -2.06. The van der Waals surface area contributed by atoms with Gasteiger partial charge in [0.15, 0.2) is 0 Å². The number of halogens is 1. The number of rotatable bonds is 2. The van der Waals surface area contributed by atoms with Crippen LogP contribution in [0.3, 0.4) is 0 Å². The largest absolute Gasteiger partial charge is 0.446 e. The zero-order chi connectivity index (χ0) is 11.2. The van der Waals surface area contributed by atoms with E-state index in [0.717, 1.165) is 0 Å². The molecule has 0 saturated heterocycles. The Hall–Kier alpha value is -0.860. The number of hydrogen-bond donors (Lipinski definition) is 3. The van der Waals surface area contributed by atoms with Crippen molar-refractivity contribution < 1.29 is 17.2 Å². The highest BCUT2D eigenvalue weighted by Crippen LogP contribution is 2.17. The highest BCUT2D eigenvalue weighted by molar-refractivity contribution is 7.81. The molecule has 0 atom stereocenters. The minimum atomic E-state index is -4.45. The quantitative estimate of drug-likeness (QED) is 0.390. The van der Waals surface area contributed by atoms with E-state index in [1.54, 1.807) is 6.07 Å². The minimum Gasteiger partial charge on any atom is -0.362 e. The Morgan fingerprint density at radius 2 is 1.93 bits per heavy atom. The van der Waals surface area contributed by atoms with E-state index in [1.807, 2.05) is 0 Å². The number of nitrogens with two attached hydrogens (primary N) is 2. The van der Waals surface area contributed by atoms with Crippen molar-refractivity contribution in [2.24, 2.45) is 11.7 Å². The van der Waals surface area contributed by atoms with Crippen molar-refractivity contribution in [2.45, 2.75) is 0 Å². The first-order valence-electron chi connectivity index (χ1n) is 3.23. The lowest BCUT2D eigenvalue weighted by molar-refractivity contribution is 0.387. The molecule has 5 N–H and O–H groups in total. The molecule has 0 radical (unpaired) electrons. The molecule has 0 aliphatic carbocycles. The predicted octanol–water partition coefficient (Wildman–Crippen LogP) is 0.340. The molecule has 0 bridgehead atoms. The van der Waals surface area contributed by atoms with Gasteiger partial charge in [-0.25, -0.2) is 0 Å². The van der Waals surface area contributed by atoms with Crippen LogP contribution in [0.5, 0.6) is 5.75 Å². The molecule has 0 aliphatic rings. The van der Waals surface area contributed by atoms with Crippen LogP contribution in [0.4, 0.5) is 0 Å². The smallest absolute Gasteiger partial charge is 0.362 e. The Balaban J connectivity index is 0.000000791. The Kier molecular flexibility index (Phi) is 5.43. The zero-order valence-electron chi connectivity index (χ0n) is 6.92. The highest BCUT2D eigenvalue weighted by atomic mass is 35.5. The summed E-state index contributed by atoms with van der Waals surface area (Å²) >= 11 is 5.52. The summed E-state index contributed by atoms with van der Waals surface area (Å²) in [7, 11) is -4.45. The standard InChI is InChI=1S/C6H5ClO4S.H4N2/c7-5-2-1-3-6(4-5)11-12(8,9)10;1-2/h1-4H,(H,8,9,10);1-2H2. The van der Waals surface area contributed by atoms with Crippen LogP contribution >= 0.6 is 11.6 Å². The number of benzene rings is 1. The fourth-order valence-electron chi connectivity index (χ4n) is 0.640. The van der Waals surface area contributed by atoms with Crippen LogP contribution in [0.25, 0.3) is 0 Å². The fourth-order valence-corrected chi connectivity index (χ4v) is 1.17. The minimum absolute atomic E-state index is 0.0231. The summed E-state index contributed by atoms with van der Waals surface area (Å²) in [5.74, 6) is 7.98.